The first-order valence-corrected chi connectivity index (χ1v) is 8.54. The van der Waals surface area contributed by atoms with Crippen molar-refractivity contribution in [1.29, 1.82) is 5.26 Å². The number of nitrogens with one attached hydrogen (secondary N) is 1. The number of imidazole rings is 1. The van der Waals surface area contributed by atoms with Gasteiger partial charge < -0.3 is 9.72 Å². The second-order valence-electron chi connectivity index (χ2n) is 6.17. The highest BCUT2D eigenvalue weighted by atomic mass is 16.1. The van der Waals surface area contributed by atoms with Gasteiger partial charge in [0.2, 0.25) is 0 Å². The lowest BCUT2D eigenvalue weighted by Crippen LogP contribution is -2.23. The lowest BCUT2D eigenvalue weighted by molar-refractivity contribution is 0.0950. The minimum Gasteiger partial charge on any atom is -0.348 e. The van der Waals surface area contributed by atoms with E-state index in [2.05, 4.69) is 16.4 Å². The van der Waals surface area contributed by atoms with E-state index < -0.39 is 0 Å². The summed E-state index contributed by atoms with van der Waals surface area (Å²) in [7, 11) is 0. The lowest BCUT2D eigenvalue weighted by atomic mass is 10.1. The smallest absolute Gasteiger partial charge is 0.253 e. The highest BCUT2D eigenvalue weighted by molar-refractivity contribution is 5.94. The summed E-state index contributed by atoms with van der Waals surface area (Å²) in [5, 5.41) is 11.7. The Hall–Kier alpha value is -3.91. The van der Waals surface area contributed by atoms with E-state index >= 15 is 0 Å². The number of benzene rings is 2. The molecule has 4 aromatic rings. The Morgan fingerprint density at radius 2 is 1.78 bits per heavy atom. The number of nitrogens with zero attached hydrogens (tertiary/aromatic N) is 3. The number of carbonyl (C=O) groups excluding carboxylic acids is 1. The zero-order valence-electron chi connectivity index (χ0n) is 14.5. The van der Waals surface area contributed by atoms with Crippen LogP contribution in [-0.4, -0.2) is 15.3 Å². The number of nitriles is 1. The molecule has 2 heterocycles. The lowest BCUT2D eigenvalue weighted by Gasteiger charge is -2.06. The molecule has 0 aliphatic rings. The summed E-state index contributed by atoms with van der Waals surface area (Å²) < 4.78 is 1.86. The molecule has 1 amide bonds. The monoisotopic (exact) mass is 352 g/mol. The summed E-state index contributed by atoms with van der Waals surface area (Å²) in [6.07, 6.45) is 3.70. The molecule has 5 heteroatoms. The average molecular weight is 352 g/mol. The number of carbonyl (C=O) groups is 1. The third-order valence-electron chi connectivity index (χ3n) is 4.32. The van der Waals surface area contributed by atoms with Crippen LogP contribution in [0.2, 0.25) is 0 Å². The summed E-state index contributed by atoms with van der Waals surface area (Å²) in [6, 6.07) is 22.8. The van der Waals surface area contributed by atoms with Crippen molar-refractivity contribution >= 4 is 11.6 Å². The van der Waals surface area contributed by atoms with Gasteiger partial charge in [-0.15, -0.1) is 0 Å². The molecule has 27 heavy (non-hydrogen) atoms. The number of fused-ring (bicyclic) bond motifs is 1. The molecule has 1 N–H and O–H groups in total. The molecule has 0 fully saturated rings. The second-order valence-corrected chi connectivity index (χ2v) is 6.17. The van der Waals surface area contributed by atoms with E-state index in [1.807, 2.05) is 59.1 Å². The molecule has 2 aromatic heterocycles. The minimum absolute atomic E-state index is 0.156. The van der Waals surface area contributed by atoms with Gasteiger partial charge in [0.1, 0.15) is 5.65 Å². The molecule has 4 rings (SSSR count). The van der Waals surface area contributed by atoms with E-state index in [9.17, 15) is 4.79 Å². The van der Waals surface area contributed by atoms with Crippen molar-refractivity contribution in [3.63, 3.8) is 0 Å². The van der Waals surface area contributed by atoms with Gasteiger partial charge in [0, 0.05) is 24.5 Å². The number of rotatable bonds is 4. The molecule has 0 bridgehead atoms. The van der Waals surface area contributed by atoms with Gasteiger partial charge in [-0.3, -0.25) is 4.79 Å². The second kappa shape index (κ2) is 7.14. The number of pyridine rings is 1. The average Bonchev–Trinajstić information content (AvgIpc) is 3.16. The highest BCUT2D eigenvalue weighted by Crippen LogP contribution is 2.19. The zero-order chi connectivity index (χ0) is 18.6. The molecule has 0 aliphatic heterocycles. The van der Waals surface area contributed by atoms with E-state index in [0.717, 1.165) is 22.5 Å². The zero-order valence-corrected chi connectivity index (χ0v) is 14.5. The molecule has 2 aromatic carbocycles. The maximum atomic E-state index is 12.5. The van der Waals surface area contributed by atoms with Gasteiger partial charge in [0.15, 0.2) is 0 Å². The van der Waals surface area contributed by atoms with Crippen molar-refractivity contribution in [2.75, 3.05) is 0 Å². The van der Waals surface area contributed by atoms with Gasteiger partial charge in [0.05, 0.1) is 22.9 Å². The Kier molecular flexibility index (Phi) is 4.38. The summed E-state index contributed by atoms with van der Waals surface area (Å²) in [6.45, 7) is 0.405. The van der Waals surface area contributed by atoms with Crippen molar-refractivity contribution in [2.24, 2.45) is 0 Å². The predicted molar refractivity (Wildman–Crippen MR) is 103 cm³/mol. The van der Waals surface area contributed by atoms with Crippen molar-refractivity contribution in [1.82, 2.24) is 14.7 Å². The predicted octanol–water partition coefficient (Wildman–Crippen LogP) is 3.80. The van der Waals surface area contributed by atoms with Crippen molar-refractivity contribution in [3.05, 3.63) is 95.8 Å². The third kappa shape index (κ3) is 3.55. The summed E-state index contributed by atoms with van der Waals surface area (Å²) in [5.41, 5.74) is 4.80. The molecular weight excluding hydrogens is 336 g/mol. The summed E-state index contributed by atoms with van der Waals surface area (Å²) >= 11 is 0. The molecule has 0 radical (unpaired) electrons. The molecular formula is C22H16N4O. The molecule has 0 saturated carbocycles. The van der Waals surface area contributed by atoms with E-state index in [1.165, 1.54) is 0 Å². The Labute approximate surface area is 156 Å². The van der Waals surface area contributed by atoms with Gasteiger partial charge in [-0.1, -0.05) is 42.5 Å². The Bertz CT molecular complexity index is 1140. The quantitative estimate of drug-likeness (QED) is 0.607. The standard InChI is InChI=1S/C22H16N4O/c23-12-16-6-8-17(9-7-16)13-24-22(27)19-10-11-21-25-20(15-26(21)14-19)18-4-2-1-3-5-18/h1-11,14-15H,13H2,(H,24,27). The first kappa shape index (κ1) is 16.6. The minimum atomic E-state index is -0.156. The van der Waals surface area contributed by atoms with Gasteiger partial charge in [-0.2, -0.15) is 5.26 Å². The molecule has 0 atom stereocenters. The summed E-state index contributed by atoms with van der Waals surface area (Å²) in [4.78, 5) is 17.1. The van der Waals surface area contributed by atoms with E-state index in [-0.39, 0.29) is 5.91 Å². The fourth-order valence-electron chi connectivity index (χ4n) is 2.86. The van der Waals surface area contributed by atoms with E-state index in [0.29, 0.717) is 17.7 Å². The number of hydrogen-bond acceptors (Lipinski definition) is 3. The molecule has 0 unspecified atom stereocenters. The molecule has 0 spiro atoms. The van der Waals surface area contributed by atoms with Crippen LogP contribution in [0.25, 0.3) is 16.9 Å². The fraction of sp³-hybridized carbons (Fsp3) is 0.0455. The maximum Gasteiger partial charge on any atom is 0.253 e. The normalized spacial score (nSPS) is 10.5. The first-order chi connectivity index (χ1) is 13.2. The third-order valence-corrected chi connectivity index (χ3v) is 4.32. The van der Waals surface area contributed by atoms with Crippen molar-refractivity contribution in [3.8, 4) is 17.3 Å². The van der Waals surface area contributed by atoms with Crippen LogP contribution in [0.1, 0.15) is 21.5 Å². The van der Waals surface area contributed by atoms with Crippen LogP contribution in [0.3, 0.4) is 0 Å². The highest BCUT2D eigenvalue weighted by Gasteiger charge is 2.09. The van der Waals surface area contributed by atoms with E-state index in [1.54, 1.807) is 24.4 Å². The Balaban J connectivity index is 1.51. The van der Waals surface area contributed by atoms with Crippen molar-refractivity contribution < 1.29 is 4.79 Å². The Morgan fingerprint density at radius 1 is 1.00 bits per heavy atom. The van der Waals surface area contributed by atoms with Crippen molar-refractivity contribution in [2.45, 2.75) is 6.54 Å². The summed E-state index contributed by atoms with van der Waals surface area (Å²) in [5.74, 6) is -0.156. The Morgan fingerprint density at radius 3 is 2.52 bits per heavy atom. The molecule has 0 saturated heterocycles. The van der Waals surface area contributed by atoms with Gasteiger partial charge in [-0.25, -0.2) is 4.98 Å². The maximum absolute atomic E-state index is 12.5. The van der Waals surface area contributed by atoms with E-state index in [4.69, 9.17) is 5.26 Å². The van der Waals surface area contributed by atoms with Crippen LogP contribution in [0, 0.1) is 11.3 Å². The van der Waals surface area contributed by atoms with Crippen LogP contribution in [0.5, 0.6) is 0 Å². The fourth-order valence-corrected chi connectivity index (χ4v) is 2.86. The largest absolute Gasteiger partial charge is 0.348 e. The van der Waals surface area contributed by atoms with Crippen LogP contribution in [-0.2, 0) is 6.54 Å². The number of aromatic nitrogens is 2. The molecule has 130 valence electrons. The van der Waals surface area contributed by atoms with Gasteiger partial charge in [0.25, 0.3) is 5.91 Å². The first-order valence-electron chi connectivity index (χ1n) is 8.54. The van der Waals surface area contributed by atoms with Crippen LogP contribution < -0.4 is 5.32 Å². The molecule has 5 nitrogen and oxygen atoms in total. The number of hydrogen-bond donors (Lipinski definition) is 1. The van der Waals surface area contributed by atoms with Crippen LogP contribution >= 0.6 is 0 Å². The molecule has 0 aliphatic carbocycles. The SMILES string of the molecule is N#Cc1ccc(CNC(=O)c2ccc3nc(-c4ccccc4)cn3c2)cc1. The van der Waals surface area contributed by atoms with Gasteiger partial charge >= 0.3 is 0 Å². The van der Waals surface area contributed by atoms with Gasteiger partial charge in [-0.05, 0) is 29.8 Å². The number of amides is 1. The van der Waals surface area contributed by atoms with Crippen LogP contribution in [0.15, 0.2) is 79.1 Å². The topological polar surface area (TPSA) is 70.2 Å². The van der Waals surface area contributed by atoms with Crippen LogP contribution in [0.4, 0.5) is 0 Å².